The number of benzene rings is 2. The van der Waals surface area contributed by atoms with Gasteiger partial charge >= 0.3 is 0 Å². The summed E-state index contributed by atoms with van der Waals surface area (Å²) in [6.45, 7) is 0.878. The Bertz CT molecular complexity index is 623. The summed E-state index contributed by atoms with van der Waals surface area (Å²) in [5.41, 5.74) is 1.90. The van der Waals surface area contributed by atoms with E-state index in [2.05, 4.69) is 77.0 Å². The second kappa shape index (κ2) is 8.48. The lowest BCUT2D eigenvalue weighted by atomic mass is 10.2. The predicted molar refractivity (Wildman–Crippen MR) is 112 cm³/mol. The minimum absolute atomic E-state index is 0.439. The van der Waals surface area contributed by atoms with Crippen LogP contribution in [0.15, 0.2) is 33.2 Å². The molecule has 0 bridgehead atoms. The van der Waals surface area contributed by atoms with Crippen LogP contribution in [0.25, 0.3) is 0 Å². The van der Waals surface area contributed by atoms with E-state index in [0.29, 0.717) is 23.3 Å². The Balaban J connectivity index is 2.05. The van der Waals surface area contributed by atoms with Gasteiger partial charge in [0, 0.05) is 26.1 Å². The first kappa shape index (κ1) is 18.7. The molecule has 0 spiro atoms. The summed E-state index contributed by atoms with van der Waals surface area (Å²) >= 11 is 23.9. The molecule has 2 aromatic rings. The van der Waals surface area contributed by atoms with Gasteiger partial charge in [-0.05, 0) is 112 Å². The molecule has 0 aliphatic rings. The molecule has 0 aromatic heterocycles. The molecule has 2 rings (SSSR count). The van der Waals surface area contributed by atoms with Gasteiger partial charge in [0.05, 0.1) is 13.2 Å². The maximum absolute atomic E-state index is 6.22. The average Bonchev–Trinajstić information content (AvgIpc) is 2.41. The quantitative estimate of drug-likeness (QED) is 0.242. The molecular formula is C14H8Br2Cl2I2O. The van der Waals surface area contributed by atoms with E-state index >= 15 is 0 Å². The molecule has 0 heterocycles. The van der Waals surface area contributed by atoms with Crippen molar-refractivity contribution < 1.29 is 4.74 Å². The number of ether oxygens (including phenoxy) is 1. The van der Waals surface area contributed by atoms with Crippen LogP contribution in [0.2, 0.25) is 10.0 Å². The lowest BCUT2D eigenvalue weighted by Gasteiger charge is -2.10. The third kappa shape index (κ3) is 5.19. The molecule has 0 saturated heterocycles. The van der Waals surface area contributed by atoms with Gasteiger partial charge in [0.25, 0.3) is 0 Å². The normalized spacial score (nSPS) is 11.0. The van der Waals surface area contributed by atoms with Crippen molar-refractivity contribution >= 4 is 100 Å². The van der Waals surface area contributed by atoms with Crippen molar-refractivity contribution in [3.8, 4) is 0 Å². The van der Waals surface area contributed by atoms with Gasteiger partial charge < -0.3 is 4.74 Å². The van der Waals surface area contributed by atoms with Crippen LogP contribution < -0.4 is 0 Å². The zero-order valence-electron chi connectivity index (χ0n) is 10.4. The molecule has 0 aliphatic heterocycles. The molecule has 0 N–H and O–H groups in total. The summed E-state index contributed by atoms with van der Waals surface area (Å²) in [7, 11) is 0. The average molecular weight is 677 g/mol. The third-order valence-corrected chi connectivity index (χ3v) is 7.98. The van der Waals surface area contributed by atoms with E-state index in [0.717, 1.165) is 27.2 Å². The molecule has 7 heteroatoms. The monoisotopic (exact) mass is 674 g/mol. The van der Waals surface area contributed by atoms with Crippen molar-refractivity contribution in [1.82, 2.24) is 0 Å². The Labute approximate surface area is 177 Å². The Morgan fingerprint density at radius 3 is 1.57 bits per heavy atom. The van der Waals surface area contributed by atoms with Gasteiger partial charge in [0.15, 0.2) is 0 Å². The van der Waals surface area contributed by atoms with E-state index in [9.17, 15) is 0 Å². The van der Waals surface area contributed by atoms with Gasteiger partial charge in [0.1, 0.15) is 0 Å². The fourth-order valence-corrected chi connectivity index (χ4v) is 4.14. The molecule has 2 aromatic carbocycles. The minimum Gasteiger partial charge on any atom is -0.372 e. The zero-order chi connectivity index (χ0) is 15.6. The number of hydrogen-bond acceptors (Lipinski definition) is 1. The summed E-state index contributed by atoms with van der Waals surface area (Å²) in [5.74, 6) is 0. The van der Waals surface area contributed by atoms with E-state index in [4.69, 9.17) is 27.9 Å². The topological polar surface area (TPSA) is 9.23 Å². The number of hydrogen-bond donors (Lipinski definition) is 0. The SMILES string of the molecule is Clc1cc(I)c(Br)cc1COCc1cc(Br)c(I)cc1Cl. The Morgan fingerprint density at radius 2 is 1.19 bits per heavy atom. The van der Waals surface area contributed by atoms with Crippen molar-refractivity contribution in [3.05, 3.63) is 61.5 Å². The Hall–Kier alpha value is 1.40. The highest BCUT2D eigenvalue weighted by molar-refractivity contribution is 14.1. The van der Waals surface area contributed by atoms with Crippen molar-refractivity contribution in [2.24, 2.45) is 0 Å². The summed E-state index contributed by atoms with van der Waals surface area (Å²) in [6, 6.07) is 7.80. The lowest BCUT2D eigenvalue weighted by Crippen LogP contribution is -1.97. The fourth-order valence-electron chi connectivity index (χ4n) is 1.62. The van der Waals surface area contributed by atoms with Crippen LogP contribution in [0.4, 0.5) is 0 Å². The summed E-state index contributed by atoms with van der Waals surface area (Å²) in [6.07, 6.45) is 0. The predicted octanol–water partition coefficient (Wildman–Crippen LogP) is 7.44. The van der Waals surface area contributed by atoms with Gasteiger partial charge in [-0.25, -0.2) is 0 Å². The molecule has 0 unspecified atom stereocenters. The minimum atomic E-state index is 0.439. The molecule has 0 radical (unpaired) electrons. The first-order valence-corrected chi connectivity index (χ1v) is 10.2. The Morgan fingerprint density at radius 1 is 0.810 bits per heavy atom. The highest BCUT2D eigenvalue weighted by Crippen LogP contribution is 2.29. The van der Waals surface area contributed by atoms with Crippen LogP contribution in [0.3, 0.4) is 0 Å². The van der Waals surface area contributed by atoms with Crippen LogP contribution in [-0.4, -0.2) is 0 Å². The fraction of sp³-hybridized carbons (Fsp3) is 0.143. The second-order valence-corrected chi connectivity index (χ2v) is 9.06. The molecule has 0 fully saturated rings. The zero-order valence-corrected chi connectivity index (χ0v) is 19.4. The van der Waals surface area contributed by atoms with Gasteiger partial charge in [-0.1, -0.05) is 23.2 Å². The van der Waals surface area contributed by atoms with Crippen LogP contribution in [0.1, 0.15) is 11.1 Å². The molecule has 112 valence electrons. The summed E-state index contributed by atoms with van der Waals surface area (Å²) in [4.78, 5) is 0. The first-order chi connectivity index (χ1) is 9.88. The van der Waals surface area contributed by atoms with Gasteiger partial charge in [-0.2, -0.15) is 0 Å². The van der Waals surface area contributed by atoms with E-state index in [1.165, 1.54) is 0 Å². The molecule has 1 nitrogen and oxygen atoms in total. The van der Waals surface area contributed by atoms with Crippen molar-refractivity contribution in [2.45, 2.75) is 13.2 Å². The number of halogens is 6. The largest absolute Gasteiger partial charge is 0.372 e. The smallest absolute Gasteiger partial charge is 0.0736 e. The second-order valence-electron chi connectivity index (χ2n) is 4.21. The molecule has 0 atom stereocenters. The van der Waals surface area contributed by atoms with Crippen molar-refractivity contribution in [2.75, 3.05) is 0 Å². The van der Waals surface area contributed by atoms with Crippen LogP contribution in [0.5, 0.6) is 0 Å². The third-order valence-electron chi connectivity index (χ3n) is 2.69. The Kier molecular flexibility index (Phi) is 7.57. The van der Waals surface area contributed by atoms with Crippen LogP contribution in [-0.2, 0) is 18.0 Å². The van der Waals surface area contributed by atoms with Gasteiger partial charge in [-0.15, -0.1) is 0 Å². The van der Waals surface area contributed by atoms with E-state index < -0.39 is 0 Å². The molecular weight excluding hydrogens is 669 g/mol. The van der Waals surface area contributed by atoms with E-state index in [1.807, 2.05) is 24.3 Å². The van der Waals surface area contributed by atoms with Gasteiger partial charge in [-0.3, -0.25) is 0 Å². The van der Waals surface area contributed by atoms with Crippen molar-refractivity contribution in [1.29, 1.82) is 0 Å². The molecule has 0 aliphatic carbocycles. The standard InChI is InChI=1S/C14H8Br2Cl2I2O/c15-9-1-7(11(17)3-13(9)19)5-21-6-8-2-10(16)14(20)4-12(8)18/h1-4H,5-6H2. The van der Waals surface area contributed by atoms with Crippen LogP contribution in [0, 0.1) is 7.14 Å². The lowest BCUT2D eigenvalue weighted by molar-refractivity contribution is 0.107. The summed E-state index contributed by atoms with van der Waals surface area (Å²) < 4.78 is 9.92. The van der Waals surface area contributed by atoms with Gasteiger partial charge in [0.2, 0.25) is 0 Å². The summed E-state index contributed by atoms with van der Waals surface area (Å²) in [5, 5.41) is 1.41. The molecule has 0 amide bonds. The van der Waals surface area contributed by atoms with E-state index in [-0.39, 0.29) is 0 Å². The first-order valence-electron chi connectivity index (χ1n) is 5.73. The number of rotatable bonds is 4. The van der Waals surface area contributed by atoms with E-state index in [1.54, 1.807) is 0 Å². The van der Waals surface area contributed by atoms with Crippen LogP contribution >= 0.6 is 100 Å². The maximum atomic E-state index is 6.22. The highest BCUT2D eigenvalue weighted by atomic mass is 127. The maximum Gasteiger partial charge on any atom is 0.0736 e. The molecule has 21 heavy (non-hydrogen) atoms. The van der Waals surface area contributed by atoms with Crippen molar-refractivity contribution in [3.63, 3.8) is 0 Å². The highest BCUT2D eigenvalue weighted by Gasteiger charge is 2.08. The molecule has 0 saturated carbocycles.